The van der Waals surface area contributed by atoms with Crippen LogP contribution in [0.2, 0.25) is 0 Å². The van der Waals surface area contributed by atoms with E-state index in [0.29, 0.717) is 12.2 Å². The minimum absolute atomic E-state index is 0.171. The summed E-state index contributed by atoms with van der Waals surface area (Å²) in [6.45, 7) is 0.402. The molecule has 0 amide bonds. The van der Waals surface area contributed by atoms with Crippen molar-refractivity contribution < 1.29 is 13.9 Å². The van der Waals surface area contributed by atoms with E-state index in [1.807, 2.05) is 42.5 Å². The van der Waals surface area contributed by atoms with Crippen molar-refractivity contribution >= 4 is 11.9 Å². The van der Waals surface area contributed by atoms with Crippen molar-refractivity contribution in [1.82, 2.24) is 4.98 Å². The van der Waals surface area contributed by atoms with Crippen molar-refractivity contribution in [2.75, 3.05) is 0 Å². The highest BCUT2D eigenvalue weighted by atomic mass is 19.1. The number of nitrogens with zero attached hydrogens (tertiary/aromatic N) is 1. The zero-order valence-electron chi connectivity index (χ0n) is 13.4. The average molecular weight is 333 g/mol. The summed E-state index contributed by atoms with van der Waals surface area (Å²) in [4.78, 5) is 16.2. The molecule has 124 valence electrons. The maximum atomic E-state index is 12.9. The lowest BCUT2D eigenvalue weighted by Gasteiger charge is -2.05. The van der Waals surface area contributed by atoms with Gasteiger partial charge < -0.3 is 4.74 Å². The number of aromatic nitrogens is 1. The second kappa shape index (κ2) is 8.02. The van der Waals surface area contributed by atoms with Crippen molar-refractivity contribution in [2.24, 2.45) is 0 Å². The lowest BCUT2D eigenvalue weighted by Crippen LogP contribution is -1.97. The lowest BCUT2D eigenvalue weighted by atomic mass is 10.1. The number of carbonyl (C=O) groups excluding carboxylic acids is 1. The summed E-state index contributed by atoms with van der Waals surface area (Å²) >= 11 is 0. The van der Waals surface area contributed by atoms with Crippen LogP contribution in [-0.4, -0.2) is 10.8 Å². The molecule has 0 atom stereocenters. The smallest absolute Gasteiger partial charge is 0.185 e. The van der Waals surface area contributed by atoms with Crippen LogP contribution in [-0.2, 0) is 6.61 Å². The zero-order chi connectivity index (χ0) is 17.5. The molecule has 0 saturated carbocycles. The fourth-order valence-corrected chi connectivity index (χ4v) is 2.20. The number of benzene rings is 2. The molecule has 4 heteroatoms. The predicted molar refractivity (Wildman–Crippen MR) is 94.8 cm³/mol. The van der Waals surface area contributed by atoms with Gasteiger partial charge in [-0.15, -0.1) is 0 Å². The van der Waals surface area contributed by atoms with Crippen molar-refractivity contribution in [3.63, 3.8) is 0 Å². The van der Waals surface area contributed by atoms with Crippen LogP contribution in [0.15, 0.2) is 79.0 Å². The van der Waals surface area contributed by atoms with Crippen LogP contribution in [0.3, 0.4) is 0 Å². The van der Waals surface area contributed by atoms with Crippen LogP contribution in [0.1, 0.15) is 21.6 Å². The second-order valence-corrected chi connectivity index (χ2v) is 5.38. The third-order valence-electron chi connectivity index (χ3n) is 3.55. The van der Waals surface area contributed by atoms with Gasteiger partial charge in [-0.25, -0.2) is 4.39 Å². The van der Waals surface area contributed by atoms with E-state index in [2.05, 4.69) is 4.98 Å². The summed E-state index contributed by atoms with van der Waals surface area (Å²) in [7, 11) is 0. The summed E-state index contributed by atoms with van der Waals surface area (Å²) in [6, 6.07) is 18.6. The van der Waals surface area contributed by atoms with Crippen LogP contribution in [0.25, 0.3) is 6.08 Å². The molecule has 0 aliphatic carbocycles. The van der Waals surface area contributed by atoms with Gasteiger partial charge in [-0.1, -0.05) is 24.3 Å². The molecule has 0 fully saturated rings. The molecule has 0 radical (unpaired) electrons. The number of pyridine rings is 1. The van der Waals surface area contributed by atoms with Gasteiger partial charge in [-0.05, 0) is 60.2 Å². The standard InChI is InChI=1S/C21H16FNO2/c22-18-9-7-17(8-10-18)21(24)13-6-16-4-11-20(12-5-16)25-15-19-3-1-2-14-23-19/h1-14H,15H2. The normalized spacial score (nSPS) is 10.8. The molecular formula is C21H16FNO2. The van der Waals surface area contributed by atoms with Crippen LogP contribution >= 0.6 is 0 Å². The number of halogens is 1. The molecule has 0 aliphatic rings. The van der Waals surface area contributed by atoms with Gasteiger partial charge in [-0.2, -0.15) is 0 Å². The SMILES string of the molecule is O=C(C=Cc1ccc(OCc2ccccn2)cc1)c1ccc(F)cc1. The first-order chi connectivity index (χ1) is 12.2. The summed E-state index contributed by atoms with van der Waals surface area (Å²) in [5.74, 6) is 0.199. The van der Waals surface area contributed by atoms with Crippen molar-refractivity contribution in [1.29, 1.82) is 0 Å². The molecule has 2 aromatic carbocycles. The fraction of sp³-hybridized carbons (Fsp3) is 0.0476. The number of ketones is 1. The third-order valence-corrected chi connectivity index (χ3v) is 3.55. The summed E-state index contributed by atoms with van der Waals surface area (Å²) in [5, 5.41) is 0. The van der Waals surface area contributed by atoms with Crippen molar-refractivity contribution in [3.05, 3.63) is 102 Å². The highest BCUT2D eigenvalue weighted by Gasteiger charge is 2.02. The summed E-state index contributed by atoms with van der Waals surface area (Å²) < 4.78 is 18.5. The van der Waals surface area contributed by atoms with Crippen LogP contribution < -0.4 is 4.74 Å². The van der Waals surface area contributed by atoms with E-state index >= 15 is 0 Å². The van der Waals surface area contributed by atoms with Crippen molar-refractivity contribution in [2.45, 2.75) is 6.61 Å². The molecule has 0 saturated heterocycles. The lowest BCUT2D eigenvalue weighted by molar-refractivity contribution is 0.104. The molecule has 0 aliphatic heterocycles. The average Bonchev–Trinajstić information content (AvgIpc) is 2.67. The monoisotopic (exact) mass is 333 g/mol. The predicted octanol–water partition coefficient (Wildman–Crippen LogP) is 4.70. The Morgan fingerprint density at radius 2 is 1.76 bits per heavy atom. The molecule has 3 rings (SSSR count). The molecule has 1 aromatic heterocycles. The quantitative estimate of drug-likeness (QED) is 0.485. The molecule has 3 nitrogen and oxygen atoms in total. The van der Waals surface area contributed by atoms with Crippen LogP contribution in [0.5, 0.6) is 5.75 Å². The summed E-state index contributed by atoms with van der Waals surface area (Å²) in [6.07, 6.45) is 4.91. The Kier molecular flexibility index (Phi) is 5.32. The Balaban J connectivity index is 1.58. The Bertz CT molecular complexity index is 857. The summed E-state index contributed by atoms with van der Waals surface area (Å²) in [5.41, 5.74) is 2.19. The topological polar surface area (TPSA) is 39.2 Å². The Hall–Kier alpha value is -3.27. The molecule has 0 spiro atoms. The molecule has 3 aromatic rings. The number of ether oxygens (including phenoxy) is 1. The highest BCUT2D eigenvalue weighted by molar-refractivity contribution is 6.06. The van der Waals surface area contributed by atoms with Gasteiger partial charge >= 0.3 is 0 Å². The molecule has 1 heterocycles. The van der Waals surface area contributed by atoms with Gasteiger partial charge in [0.2, 0.25) is 0 Å². The van der Waals surface area contributed by atoms with E-state index < -0.39 is 0 Å². The Labute approximate surface area is 145 Å². The van der Waals surface area contributed by atoms with E-state index in [1.165, 1.54) is 30.3 Å². The van der Waals surface area contributed by atoms with Gasteiger partial charge in [0.05, 0.1) is 5.69 Å². The fourth-order valence-electron chi connectivity index (χ4n) is 2.20. The number of hydrogen-bond acceptors (Lipinski definition) is 3. The number of rotatable bonds is 6. The van der Waals surface area contributed by atoms with E-state index in [0.717, 1.165) is 17.0 Å². The Morgan fingerprint density at radius 1 is 1.00 bits per heavy atom. The highest BCUT2D eigenvalue weighted by Crippen LogP contribution is 2.15. The van der Waals surface area contributed by atoms with Crippen LogP contribution in [0, 0.1) is 5.82 Å². The van der Waals surface area contributed by atoms with Gasteiger partial charge in [0.15, 0.2) is 5.78 Å². The van der Waals surface area contributed by atoms with Gasteiger partial charge in [0.1, 0.15) is 18.2 Å². The van der Waals surface area contributed by atoms with Crippen molar-refractivity contribution in [3.8, 4) is 5.75 Å². The molecule has 25 heavy (non-hydrogen) atoms. The molecule has 0 N–H and O–H groups in total. The first kappa shape index (κ1) is 16.6. The molecular weight excluding hydrogens is 317 g/mol. The number of carbonyl (C=O) groups is 1. The van der Waals surface area contributed by atoms with Gasteiger partial charge in [-0.3, -0.25) is 9.78 Å². The van der Waals surface area contributed by atoms with E-state index in [9.17, 15) is 9.18 Å². The largest absolute Gasteiger partial charge is 0.487 e. The first-order valence-corrected chi connectivity index (χ1v) is 7.81. The Morgan fingerprint density at radius 3 is 2.44 bits per heavy atom. The van der Waals surface area contributed by atoms with Gasteiger partial charge in [0, 0.05) is 11.8 Å². The zero-order valence-corrected chi connectivity index (χ0v) is 13.4. The van der Waals surface area contributed by atoms with E-state index in [4.69, 9.17) is 4.74 Å². The molecule has 0 unspecified atom stereocenters. The van der Waals surface area contributed by atoms with Gasteiger partial charge in [0.25, 0.3) is 0 Å². The third kappa shape index (κ3) is 4.85. The van der Waals surface area contributed by atoms with Crippen LogP contribution in [0.4, 0.5) is 4.39 Å². The second-order valence-electron chi connectivity index (χ2n) is 5.38. The van der Waals surface area contributed by atoms with E-state index in [-0.39, 0.29) is 11.6 Å². The minimum Gasteiger partial charge on any atom is -0.487 e. The minimum atomic E-state index is -0.359. The first-order valence-electron chi connectivity index (χ1n) is 7.81. The number of allylic oxidation sites excluding steroid dienone is 1. The molecule has 0 bridgehead atoms. The maximum Gasteiger partial charge on any atom is 0.185 e. The van der Waals surface area contributed by atoms with E-state index in [1.54, 1.807) is 12.3 Å². The maximum absolute atomic E-state index is 12.9. The number of hydrogen-bond donors (Lipinski definition) is 0.